The maximum absolute atomic E-state index is 11.2. The Morgan fingerprint density at radius 2 is 2.20 bits per heavy atom. The Morgan fingerprint density at radius 3 is 2.80 bits per heavy atom. The van der Waals surface area contributed by atoms with Crippen LogP contribution in [0.25, 0.3) is 0 Å². The molecule has 2 rings (SSSR count). The highest BCUT2D eigenvalue weighted by Gasteiger charge is 2.44. The van der Waals surface area contributed by atoms with Crippen molar-refractivity contribution in [2.75, 3.05) is 11.4 Å². The molecule has 1 atom stereocenters. The number of anilines is 1. The highest BCUT2D eigenvalue weighted by atomic mass is 16.4. The largest absolute Gasteiger partial charge is 0.480 e. The zero-order valence-electron chi connectivity index (χ0n) is 8.55. The molecule has 1 aromatic rings. The molecular formula is C10H13N3O2. The van der Waals surface area contributed by atoms with Crippen LogP contribution in [0.2, 0.25) is 0 Å². The highest BCUT2D eigenvalue weighted by Crippen LogP contribution is 2.31. The van der Waals surface area contributed by atoms with E-state index in [4.69, 9.17) is 0 Å². The fourth-order valence-corrected chi connectivity index (χ4v) is 1.94. The van der Waals surface area contributed by atoms with Crippen molar-refractivity contribution in [2.24, 2.45) is 0 Å². The summed E-state index contributed by atoms with van der Waals surface area (Å²) in [6.07, 6.45) is 4.76. The fourth-order valence-electron chi connectivity index (χ4n) is 1.94. The SMILES string of the molecule is CC1(C(=O)O)CCCN1c1ncccn1. The molecule has 1 N–H and O–H groups in total. The minimum Gasteiger partial charge on any atom is -0.480 e. The number of hydrogen-bond donors (Lipinski definition) is 1. The van der Waals surface area contributed by atoms with Crippen LogP contribution in [0.3, 0.4) is 0 Å². The summed E-state index contributed by atoms with van der Waals surface area (Å²) in [5.74, 6) is -0.313. The van der Waals surface area contributed by atoms with E-state index in [1.165, 1.54) is 0 Å². The lowest BCUT2D eigenvalue weighted by Gasteiger charge is -2.30. The quantitative estimate of drug-likeness (QED) is 0.781. The van der Waals surface area contributed by atoms with Crippen molar-refractivity contribution in [1.82, 2.24) is 9.97 Å². The molecule has 1 saturated heterocycles. The van der Waals surface area contributed by atoms with Gasteiger partial charge in [0, 0.05) is 18.9 Å². The average molecular weight is 207 g/mol. The van der Waals surface area contributed by atoms with Gasteiger partial charge in [-0.3, -0.25) is 0 Å². The van der Waals surface area contributed by atoms with E-state index in [9.17, 15) is 9.90 Å². The lowest BCUT2D eigenvalue weighted by molar-refractivity contribution is -0.142. The Morgan fingerprint density at radius 1 is 1.53 bits per heavy atom. The topological polar surface area (TPSA) is 66.3 Å². The number of aliphatic carboxylic acids is 1. The van der Waals surface area contributed by atoms with Gasteiger partial charge in [0.2, 0.25) is 5.95 Å². The van der Waals surface area contributed by atoms with Gasteiger partial charge in [-0.1, -0.05) is 0 Å². The Bertz CT molecular complexity index is 368. The van der Waals surface area contributed by atoms with Gasteiger partial charge in [0.15, 0.2) is 0 Å². The number of hydrogen-bond acceptors (Lipinski definition) is 4. The van der Waals surface area contributed by atoms with Crippen LogP contribution >= 0.6 is 0 Å². The number of aromatic nitrogens is 2. The van der Waals surface area contributed by atoms with E-state index in [0.717, 1.165) is 6.42 Å². The number of carboxylic acid groups (broad SMARTS) is 1. The van der Waals surface area contributed by atoms with Crippen molar-refractivity contribution in [1.29, 1.82) is 0 Å². The van der Waals surface area contributed by atoms with Crippen LogP contribution in [0.1, 0.15) is 19.8 Å². The van der Waals surface area contributed by atoms with E-state index in [0.29, 0.717) is 18.9 Å². The predicted molar refractivity (Wildman–Crippen MR) is 54.7 cm³/mol. The van der Waals surface area contributed by atoms with E-state index < -0.39 is 11.5 Å². The van der Waals surface area contributed by atoms with Gasteiger partial charge in [-0.15, -0.1) is 0 Å². The molecule has 0 aliphatic carbocycles. The summed E-state index contributed by atoms with van der Waals surface area (Å²) >= 11 is 0. The van der Waals surface area contributed by atoms with E-state index in [1.54, 1.807) is 30.3 Å². The second kappa shape index (κ2) is 3.49. The number of rotatable bonds is 2. The van der Waals surface area contributed by atoms with Crippen LogP contribution in [0, 0.1) is 0 Å². The van der Waals surface area contributed by atoms with Gasteiger partial charge < -0.3 is 10.0 Å². The molecule has 80 valence electrons. The van der Waals surface area contributed by atoms with Gasteiger partial charge in [0.1, 0.15) is 5.54 Å². The van der Waals surface area contributed by atoms with Crippen molar-refractivity contribution < 1.29 is 9.90 Å². The standard InChI is InChI=1S/C10H13N3O2/c1-10(8(14)15)4-2-7-13(10)9-11-5-3-6-12-9/h3,5-6H,2,4,7H2,1H3,(H,14,15). The van der Waals surface area contributed by atoms with Gasteiger partial charge in [0.25, 0.3) is 0 Å². The smallest absolute Gasteiger partial charge is 0.329 e. The van der Waals surface area contributed by atoms with Gasteiger partial charge in [-0.05, 0) is 25.8 Å². The van der Waals surface area contributed by atoms with Crippen LogP contribution in [0.5, 0.6) is 0 Å². The maximum atomic E-state index is 11.2. The van der Waals surface area contributed by atoms with Crippen molar-refractivity contribution in [3.63, 3.8) is 0 Å². The molecule has 2 heterocycles. The molecule has 0 amide bonds. The first-order valence-corrected chi connectivity index (χ1v) is 4.93. The zero-order chi connectivity index (χ0) is 10.9. The fraction of sp³-hybridized carbons (Fsp3) is 0.500. The molecular weight excluding hydrogens is 194 g/mol. The molecule has 0 aromatic carbocycles. The normalized spacial score (nSPS) is 25.5. The Balaban J connectivity index is 2.34. The molecule has 0 bridgehead atoms. The summed E-state index contributed by atoms with van der Waals surface area (Å²) < 4.78 is 0. The lowest BCUT2D eigenvalue weighted by Crippen LogP contribution is -2.48. The molecule has 1 fully saturated rings. The first kappa shape index (κ1) is 9.89. The van der Waals surface area contributed by atoms with Crippen molar-refractivity contribution in [3.05, 3.63) is 18.5 Å². The number of nitrogens with zero attached hydrogens (tertiary/aromatic N) is 3. The number of carboxylic acids is 1. The predicted octanol–water partition coefficient (Wildman–Crippen LogP) is 0.920. The first-order chi connectivity index (χ1) is 7.14. The molecule has 1 aliphatic rings. The molecule has 1 unspecified atom stereocenters. The van der Waals surface area contributed by atoms with Crippen molar-refractivity contribution in [2.45, 2.75) is 25.3 Å². The minimum atomic E-state index is -0.860. The summed E-state index contributed by atoms with van der Waals surface area (Å²) in [6.45, 7) is 2.42. The summed E-state index contributed by atoms with van der Waals surface area (Å²) in [7, 11) is 0. The second-order valence-corrected chi connectivity index (χ2v) is 3.88. The Hall–Kier alpha value is -1.65. The molecule has 0 spiro atoms. The highest BCUT2D eigenvalue weighted by molar-refractivity contribution is 5.83. The van der Waals surface area contributed by atoms with Crippen LogP contribution in [-0.2, 0) is 4.79 Å². The van der Waals surface area contributed by atoms with Crippen LogP contribution in [0.15, 0.2) is 18.5 Å². The minimum absolute atomic E-state index is 0.500. The lowest BCUT2D eigenvalue weighted by atomic mass is 10.00. The molecule has 15 heavy (non-hydrogen) atoms. The van der Waals surface area contributed by atoms with E-state index in [2.05, 4.69) is 9.97 Å². The van der Waals surface area contributed by atoms with Gasteiger partial charge in [0.05, 0.1) is 0 Å². The van der Waals surface area contributed by atoms with E-state index in [-0.39, 0.29) is 0 Å². The number of carbonyl (C=O) groups is 1. The maximum Gasteiger partial charge on any atom is 0.329 e. The average Bonchev–Trinajstić information content (AvgIpc) is 2.63. The van der Waals surface area contributed by atoms with Gasteiger partial charge in [-0.2, -0.15) is 0 Å². The first-order valence-electron chi connectivity index (χ1n) is 4.93. The van der Waals surface area contributed by atoms with E-state index >= 15 is 0 Å². The molecule has 5 heteroatoms. The van der Waals surface area contributed by atoms with E-state index in [1.807, 2.05) is 0 Å². The van der Waals surface area contributed by atoms with Gasteiger partial charge in [-0.25, -0.2) is 14.8 Å². The molecule has 1 aliphatic heterocycles. The summed E-state index contributed by atoms with van der Waals surface area (Å²) in [5, 5.41) is 9.21. The zero-order valence-corrected chi connectivity index (χ0v) is 8.55. The van der Waals surface area contributed by atoms with Crippen LogP contribution < -0.4 is 4.90 Å². The molecule has 0 saturated carbocycles. The molecule has 0 radical (unpaired) electrons. The van der Waals surface area contributed by atoms with Crippen molar-refractivity contribution >= 4 is 11.9 Å². The van der Waals surface area contributed by atoms with Crippen LogP contribution in [-0.4, -0.2) is 33.1 Å². The van der Waals surface area contributed by atoms with Crippen molar-refractivity contribution in [3.8, 4) is 0 Å². The summed E-state index contributed by atoms with van der Waals surface area (Å²) in [4.78, 5) is 21.1. The monoisotopic (exact) mass is 207 g/mol. The second-order valence-electron chi connectivity index (χ2n) is 3.88. The third kappa shape index (κ3) is 1.54. The molecule has 5 nitrogen and oxygen atoms in total. The third-order valence-corrected chi connectivity index (χ3v) is 2.90. The Kier molecular flexibility index (Phi) is 2.30. The third-order valence-electron chi connectivity index (χ3n) is 2.90. The molecule has 1 aromatic heterocycles. The Labute approximate surface area is 87.8 Å². The van der Waals surface area contributed by atoms with Crippen LogP contribution in [0.4, 0.5) is 5.95 Å². The summed E-state index contributed by atoms with van der Waals surface area (Å²) in [6, 6.07) is 1.72. The summed E-state index contributed by atoms with van der Waals surface area (Å²) in [5.41, 5.74) is -0.860. The van der Waals surface area contributed by atoms with Gasteiger partial charge >= 0.3 is 5.97 Å².